The molecule has 0 bridgehead atoms. The van der Waals surface area contributed by atoms with Gasteiger partial charge in [0, 0.05) is 17.8 Å². The lowest BCUT2D eigenvalue weighted by Gasteiger charge is -2.07. The number of amides is 1. The van der Waals surface area contributed by atoms with Gasteiger partial charge >= 0.3 is 5.97 Å². The van der Waals surface area contributed by atoms with E-state index < -0.39 is 5.97 Å². The van der Waals surface area contributed by atoms with Crippen LogP contribution in [0, 0.1) is 0 Å². The molecule has 158 valence electrons. The van der Waals surface area contributed by atoms with Crippen LogP contribution in [-0.2, 0) is 16.6 Å². The number of esters is 1. The molecule has 3 rings (SSSR count). The number of thiophene rings is 1. The second kappa shape index (κ2) is 9.90. The molecule has 0 unspecified atom stereocenters. The SMILES string of the molecule is CCOC(=O)c1sc(-c2ccccc2)cc1NC(=O)CSc1nnc(C(C)C)n1C. The molecule has 0 spiro atoms. The van der Waals surface area contributed by atoms with Crippen LogP contribution in [0.15, 0.2) is 41.6 Å². The van der Waals surface area contributed by atoms with Crippen molar-refractivity contribution in [1.29, 1.82) is 0 Å². The minimum atomic E-state index is -0.442. The van der Waals surface area contributed by atoms with E-state index in [9.17, 15) is 9.59 Å². The lowest BCUT2D eigenvalue weighted by atomic mass is 10.2. The van der Waals surface area contributed by atoms with Crippen molar-refractivity contribution in [2.75, 3.05) is 17.7 Å². The first-order chi connectivity index (χ1) is 14.4. The van der Waals surface area contributed by atoms with Crippen molar-refractivity contribution >= 4 is 40.7 Å². The summed E-state index contributed by atoms with van der Waals surface area (Å²) >= 11 is 2.61. The van der Waals surface area contributed by atoms with Gasteiger partial charge < -0.3 is 14.6 Å². The Balaban J connectivity index is 1.75. The maximum Gasteiger partial charge on any atom is 0.350 e. The zero-order valence-corrected chi connectivity index (χ0v) is 19.0. The molecule has 2 heterocycles. The van der Waals surface area contributed by atoms with Gasteiger partial charge in [0.1, 0.15) is 10.7 Å². The number of carbonyl (C=O) groups is 2. The summed E-state index contributed by atoms with van der Waals surface area (Å²) < 4.78 is 7.06. The van der Waals surface area contributed by atoms with Crippen LogP contribution in [0.2, 0.25) is 0 Å². The number of aromatic nitrogens is 3. The van der Waals surface area contributed by atoms with Crippen LogP contribution in [0.3, 0.4) is 0 Å². The summed E-state index contributed by atoms with van der Waals surface area (Å²) in [4.78, 5) is 26.2. The van der Waals surface area contributed by atoms with Crippen LogP contribution in [0.25, 0.3) is 10.4 Å². The second-order valence-electron chi connectivity index (χ2n) is 6.83. The van der Waals surface area contributed by atoms with Crippen molar-refractivity contribution < 1.29 is 14.3 Å². The Morgan fingerprint density at radius 3 is 2.60 bits per heavy atom. The van der Waals surface area contributed by atoms with E-state index in [0.29, 0.717) is 15.7 Å². The van der Waals surface area contributed by atoms with E-state index in [1.54, 1.807) is 6.92 Å². The average Bonchev–Trinajstić information content (AvgIpc) is 3.31. The average molecular weight is 445 g/mol. The molecule has 30 heavy (non-hydrogen) atoms. The van der Waals surface area contributed by atoms with Gasteiger partial charge in [0.05, 0.1) is 18.0 Å². The first-order valence-electron chi connectivity index (χ1n) is 9.59. The van der Waals surface area contributed by atoms with E-state index in [1.807, 2.05) is 61.9 Å². The Hall–Kier alpha value is -2.65. The molecule has 0 atom stereocenters. The van der Waals surface area contributed by atoms with E-state index >= 15 is 0 Å². The number of anilines is 1. The number of carbonyl (C=O) groups excluding carboxylic acids is 2. The third-order valence-corrected chi connectivity index (χ3v) is 6.43. The molecule has 0 saturated heterocycles. The van der Waals surface area contributed by atoms with Gasteiger partial charge in [-0.1, -0.05) is 55.9 Å². The summed E-state index contributed by atoms with van der Waals surface area (Å²) in [6, 6.07) is 11.5. The van der Waals surface area contributed by atoms with Crippen molar-refractivity contribution in [3.05, 3.63) is 47.1 Å². The van der Waals surface area contributed by atoms with Gasteiger partial charge in [-0.2, -0.15) is 0 Å². The molecule has 9 heteroatoms. The fraction of sp³-hybridized carbons (Fsp3) is 0.333. The van der Waals surface area contributed by atoms with E-state index in [4.69, 9.17) is 4.74 Å². The summed E-state index contributed by atoms with van der Waals surface area (Å²) in [7, 11) is 1.89. The monoisotopic (exact) mass is 444 g/mol. The van der Waals surface area contributed by atoms with Gasteiger partial charge in [-0.05, 0) is 18.6 Å². The topological polar surface area (TPSA) is 86.1 Å². The fourth-order valence-corrected chi connectivity index (χ4v) is 4.58. The van der Waals surface area contributed by atoms with Crippen LogP contribution >= 0.6 is 23.1 Å². The Morgan fingerprint density at radius 1 is 1.23 bits per heavy atom. The highest BCUT2D eigenvalue weighted by atomic mass is 32.2. The third kappa shape index (κ3) is 5.09. The zero-order chi connectivity index (χ0) is 21.7. The minimum Gasteiger partial charge on any atom is -0.462 e. The number of hydrogen-bond donors (Lipinski definition) is 1. The van der Waals surface area contributed by atoms with Gasteiger partial charge in [0.15, 0.2) is 5.16 Å². The minimum absolute atomic E-state index is 0.156. The summed E-state index contributed by atoms with van der Waals surface area (Å²) in [5.41, 5.74) is 1.44. The van der Waals surface area contributed by atoms with Crippen LogP contribution in [0.1, 0.15) is 42.2 Å². The molecule has 1 aromatic carbocycles. The highest BCUT2D eigenvalue weighted by Gasteiger charge is 2.20. The third-order valence-electron chi connectivity index (χ3n) is 4.24. The molecule has 0 aliphatic carbocycles. The number of hydrogen-bond acceptors (Lipinski definition) is 7. The van der Waals surface area contributed by atoms with Crippen molar-refractivity contribution in [1.82, 2.24) is 14.8 Å². The predicted octanol–water partition coefficient (Wildman–Crippen LogP) is 4.57. The van der Waals surface area contributed by atoms with Crippen molar-refractivity contribution in [2.45, 2.75) is 31.8 Å². The molecule has 2 aromatic heterocycles. The Morgan fingerprint density at radius 2 is 1.97 bits per heavy atom. The lowest BCUT2D eigenvalue weighted by Crippen LogP contribution is -2.16. The smallest absolute Gasteiger partial charge is 0.350 e. The van der Waals surface area contributed by atoms with Crippen LogP contribution in [0.5, 0.6) is 0 Å². The van der Waals surface area contributed by atoms with Crippen molar-refractivity contribution in [2.24, 2.45) is 7.05 Å². The summed E-state index contributed by atoms with van der Waals surface area (Å²) in [6.07, 6.45) is 0. The number of nitrogens with zero attached hydrogens (tertiary/aromatic N) is 3. The van der Waals surface area contributed by atoms with Gasteiger partial charge in [0.25, 0.3) is 0 Å². The predicted molar refractivity (Wildman–Crippen MR) is 120 cm³/mol. The Bertz CT molecular complexity index is 1030. The van der Waals surface area contributed by atoms with Crippen molar-refractivity contribution in [3.63, 3.8) is 0 Å². The van der Waals surface area contributed by atoms with E-state index in [1.165, 1.54) is 23.1 Å². The fourth-order valence-electron chi connectivity index (χ4n) is 2.85. The molecule has 3 aromatic rings. The maximum atomic E-state index is 12.6. The van der Waals surface area contributed by atoms with Crippen LogP contribution in [0.4, 0.5) is 5.69 Å². The highest BCUT2D eigenvalue weighted by molar-refractivity contribution is 7.99. The number of thioether (sulfide) groups is 1. The van der Waals surface area contributed by atoms with Crippen molar-refractivity contribution in [3.8, 4) is 10.4 Å². The normalized spacial score (nSPS) is 11.0. The number of rotatable bonds is 8. The molecule has 0 fully saturated rings. The summed E-state index contributed by atoms with van der Waals surface area (Å²) in [6.45, 7) is 6.11. The number of ether oxygens (including phenoxy) is 1. The van der Waals surface area contributed by atoms with E-state index in [-0.39, 0.29) is 24.2 Å². The first-order valence-corrected chi connectivity index (χ1v) is 11.4. The van der Waals surface area contributed by atoms with Crippen LogP contribution < -0.4 is 5.32 Å². The quantitative estimate of drug-likeness (QED) is 0.404. The zero-order valence-electron chi connectivity index (χ0n) is 17.3. The highest BCUT2D eigenvalue weighted by Crippen LogP contribution is 2.35. The molecule has 7 nitrogen and oxygen atoms in total. The molecule has 0 aliphatic rings. The molecule has 0 aliphatic heterocycles. The lowest BCUT2D eigenvalue weighted by molar-refractivity contribution is -0.113. The van der Waals surface area contributed by atoms with Gasteiger partial charge in [-0.3, -0.25) is 4.79 Å². The maximum absolute atomic E-state index is 12.6. The number of nitrogens with one attached hydrogen (secondary N) is 1. The molecule has 1 N–H and O–H groups in total. The molecular weight excluding hydrogens is 420 g/mol. The van der Waals surface area contributed by atoms with Gasteiger partial charge in [-0.25, -0.2) is 4.79 Å². The van der Waals surface area contributed by atoms with Gasteiger partial charge in [0.2, 0.25) is 5.91 Å². The molecule has 0 radical (unpaired) electrons. The van der Waals surface area contributed by atoms with E-state index in [0.717, 1.165) is 16.3 Å². The molecular formula is C21H24N4O3S2. The standard InChI is InChI=1S/C21H24N4O3S2/c1-5-28-20(27)18-15(11-16(30-18)14-9-7-6-8-10-14)22-17(26)12-29-21-24-23-19(13(2)3)25(21)4/h6-11,13H,5,12H2,1-4H3,(H,22,26). The first kappa shape index (κ1) is 22.0. The van der Waals surface area contributed by atoms with Gasteiger partial charge in [-0.15, -0.1) is 21.5 Å². The van der Waals surface area contributed by atoms with Crippen LogP contribution in [-0.4, -0.2) is 39.0 Å². The van der Waals surface area contributed by atoms with E-state index in [2.05, 4.69) is 15.5 Å². The summed E-state index contributed by atoms with van der Waals surface area (Å²) in [5, 5.41) is 11.9. The largest absolute Gasteiger partial charge is 0.462 e. The second-order valence-corrected chi connectivity index (χ2v) is 8.83. The summed E-state index contributed by atoms with van der Waals surface area (Å²) in [5.74, 6) is 0.607. The molecule has 1 amide bonds. The number of benzene rings is 1. The molecule has 0 saturated carbocycles. The Kier molecular flexibility index (Phi) is 7.28. The Labute approximate surface area is 183 Å².